The maximum Gasteiger partial charge on any atom is 0.246 e. The summed E-state index contributed by atoms with van der Waals surface area (Å²) in [6.45, 7) is 2.86. The molecule has 1 aliphatic heterocycles. The maximum absolute atomic E-state index is 11.6. The van der Waals surface area contributed by atoms with E-state index in [1.165, 1.54) is 4.88 Å². The predicted molar refractivity (Wildman–Crippen MR) is 72.9 cm³/mol. The molecule has 1 fully saturated rings. The summed E-state index contributed by atoms with van der Waals surface area (Å²) in [7, 11) is 0. The molecule has 0 bridgehead atoms. The molecule has 0 aliphatic carbocycles. The summed E-state index contributed by atoms with van der Waals surface area (Å²) >= 11 is 1.72. The average molecular weight is 268 g/mol. The number of rotatable bonds is 6. The fraction of sp³-hybridized carbons (Fsp3) is 0.615. The minimum Gasteiger partial charge on any atom is -0.368 e. The fourth-order valence-corrected chi connectivity index (χ4v) is 2.70. The lowest BCUT2D eigenvalue weighted by atomic mass is 10.1. The number of hydrogen-bond acceptors (Lipinski definition) is 4. The molecule has 5 heteroatoms. The Kier molecular flexibility index (Phi) is 5.64. The van der Waals surface area contributed by atoms with Crippen LogP contribution in [-0.2, 0) is 16.0 Å². The van der Waals surface area contributed by atoms with Crippen molar-refractivity contribution in [2.24, 2.45) is 0 Å². The topological polar surface area (TPSA) is 50.4 Å². The zero-order valence-electron chi connectivity index (χ0n) is 10.5. The molecule has 1 saturated heterocycles. The molecule has 0 atom stereocenters. The first-order valence-corrected chi connectivity index (χ1v) is 7.34. The first kappa shape index (κ1) is 13.5. The molecule has 4 nitrogen and oxygen atoms in total. The van der Waals surface area contributed by atoms with Gasteiger partial charge in [-0.2, -0.15) is 0 Å². The van der Waals surface area contributed by atoms with Crippen LogP contribution in [0.2, 0.25) is 0 Å². The monoisotopic (exact) mass is 268 g/mol. The summed E-state index contributed by atoms with van der Waals surface area (Å²) < 4.78 is 5.58. The molecule has 0 spiro atoms. The summed E-state index contributed by atoms with van der Waals surface area (Å²) in [5, 5.41) is 8.21. The van der Waals surface area contributed by atoms with Gasteiger partial charge < -0.3 is 15.4 Å². The van der Waals surface area contributed by atoms with Gasteiger partial charge in [0.25, 0.3) is 0 Å². The number of piperidine rings is 1. The van der Waals surface area contributed by atoms with E-state index in [4.69, 9.17) is 4.74 Å². The van der Waals surface area contributed by atoms with E-state index in [9.17, 15) is 4.79 Å². The second-order valence-electron chi connectivity index (χ2n) is 4.44. The lowest BCUT2D eigenvalue weighted by Crippen LogP contribution is -2.36. The molecule has 0 unspecified atom stereocenters. The SMILES string of the molecule is O=C(COC1CCNCC1)NCCc1cccs1. The van der Waals surface area contributed by atoms with Crippen LogP contribution in [0.5, 0.6) is 0 Å². The van der Waals surface area contributed by atoms with Crippen molar-refractivity contribution in [1.82, 2.24) is 10.6 Å². The van der Waals surface area contributed by atoms with Gasteiger partial charge in [-0.3, -0.25) is 4.79 Å². The number of hydrogen-bond donors (Lipinski definition) is 2. The summed E-state index contributed by atoms with van der Waals surface area (Å²) in [6.07, 6.45) is 3.15. The highest BCUT2D eigenvalue weighted by atomic mass is 32.1. The quantitative estimate of drug-likeness (QED) is 0.814. The highest BCUT2D eigenvalue weighted by molar-refractivity contribution is 7.09. The van der Waals surface area contributed by atoms with Crippen molar-refractivity contribution in [2.45, 2.75) is 25.4 Å². The van der Waals surface area contributed by atoms with E-state index in [1.807, 2.05) is 6.07 Å². The van der Waals surface area contributed by atoms with Gasteiger partial charge in [-0.05, 0) is 43.8 Å². The van der Waals surface area contributed by atoms with E-state index in [0.717, 1.165) is 32.4 Å². The Bertz CT molecular complexity index is 348. The van der Waals surface area contributed by atoms with Crippen molar-refractivity contribution in [1.29, 1.82) is 0 Å². The molecule has 1 aliphatic rings. The molecule has 0 saturated carbocycles. The normalized spacial score (nSPS) is 16.7. The van der Waals surface area contributed by atoms with Gasteiger partial charge in [0, 0.05) is 11.4 Å². The van der Waals surface area contributed by atoms with Crippen molar-refractivity contribution in [3.8, 4) is 0 Å². The first-order chi connectivity index (χ1) is 8.84. The predicted octanol–water partition coefficient (Wildman–Crippen LogP) is 1.18. The van der Waals surface area contributed by atoms with Crippen LogP contribution in [0, 0.1) is 0 Å². The average Bonchev–Trinajstić information content (AvgIpc) is 2.91. The lowest BCUT2D eigenvalue weighted by Gasteiger charge is -2.22. The summed E-state index contributed by atoms with van der Waals surface area (Å²) in [5.74, 6) is -0.00918. The number of carbonyl (C=O) groups is 1. The molecule has 100 valence electrons. The largest absolute Gasteiger partial charge is 0.368 e. The van der Waals surface area contributed by atoms with Crippen LogP contribution in [0.3, 0.4) is 0 Å². The van der Waals surface area contributed by atoms with Crippen molar-refractivity contribution >= 4 is 17.2 Å². The zero-order valence-corrected chi connectivity index (χ0v) is 11.3. The number of amides is 1. The van der Waals surface area contributed by atoms with Crippen LogP contribution in [0.15, 0.2) is 17.5 Å². The van der Waals surface area contributed by atoms with Crippen LogP contribution in [0.1, 0.15) is 17.7 Å². The highest BCUT2D eigenvalue weighted by Gasteiger charge is 2.14. The molecular formula is C13H20N2O2S. The number of thiophene rings is 1. The minimum atomic E-state index is -0.00918. The summed E-state index contributed by atoms with van der Waals surface area (Å²) in [4.78, 5) is 12.9. The van der Waals surface area contributed by atoms with Gasteiger partial charge in [-0.1, -0.05) is 6.07 Å². The number of carbonyl (C=O) groups excluding carboxylic acids is 1. The second kappa shape index (κ2) is 7.51. The number of nitrogens with one attached hydrogen (secondary N) is 2. The van der Waals surface area contributed by atoms with Crippen molar-refractivity contribution < 1.29 is 9.53 Å². The van der Waals surface area contributed by atoms with E-state index in [0.29, 0.717) is 6.54 Å². The molecule has 1 aromatic heterocycles. The lowest BCUT2D eigenvalue weighted by molar-refractivity contribution is -0.128. The van der Waals surface area contributed by atoms with Gasteiger partial charge in [0.2, 0.25) is 5.91 Å². The minimum absolute atomic E-state index is 0.00918. The van der Waals surface area contributed by atoms with Crippen molar-refractivity contribution in [3.05, 3.63) is 22.4 Å². The molecule has 2 heterocycles. The standard InChI is InChI=1S/C13H20N2O2S/c16-13(10-17-11-3-6-14-7-4-11)15-8-5-12-2-1-9-18-12/h1-2,9,11,14H,3-8,10H2,(H,15,16). The zero-order chi connectivity index (χ0) is 12.6. The van der Waals surface area contributed by atoms with Crippen LogP contribution < -0.4 is 10.6 Å². The van der Waals surface area contributed by atoms with Gasteiger partial charge in [-0.15, -0.1) is 11.3 Å². The molecule has 1 aromatic rings. The van der Waals surface area contributed by atoms with Gasteiger partial charge >= 0.3 is 0 Å². The summed E-state index contributed by atoms with van der Waals surface area (Å²) in [5.41, 5.74) is 0. The van der Waals surface area contributed by atoms with E-state index >= 15 is 0 Å². The third-order valence-electron chi connectivity index (χ3n) is 3.01. The van der Waals surface area contributed by atoms with Crippen molar-refractivity contribution in [3.63, 3.8) is 0 Å². The van der Waals surface area contributed by atoms with Gasteiger partial charge in [0.15, 0.2) is 0 Å². The van der Waals surface area contributed by atoms with Crippen LogP contribution in [0.25, 0.3) is 0 Å². The van der Waals surface area contributed by atoms with E-state index in [2.05, 4.69) is 22.1 Å². The molecular weight excluding hydrogens is 248 g/mol. The molecule has 18 heavy (non-hydrogen) atoms. The number of ether oxygens (including phenoxy) is 1. The van der Waals surface area contributed by atoms with Crippen LogP contribution in [0.4, 0.5) is 0 Å². The third kappa shape index (κ3) is 4.76. The smallest absolute Gasteiger partial charge is 0.246 e. The van der Waals surface area contributed by atoms with E-state index in [-0.39, 0.29) is 18.6 Å². The second-order valence-corrected chi connectivity index (χ2v) is 5.47. The molecule has 0 radical (unpaired) electrons. The molecule has 0 aromatic carbocycles. The van der Waals surface area contributed by atoms with Gasteiger partial charge in [0.05, 0.1) is 6.10 Å². The van der Waals surface area contributed by atoms with E-state index < -0.39 is 0 Å². The highest BCUT2D eigenvalue weighted by Crippen LogP contribution is 2.08. The Labute approximate surface area is 112 Å². The molecule has 1 amide bonds. The summed E-state index contributed by atoms with van der Waals surface area (Å²) in [6, 6.07) is 4.12. The molecule has 2 rings (SSSR count). The Morgan fingerprint density at radius 1 is 1.50 bits per heavy atom. The van der Waals surface area contributed by atoms with Gasteiger partial charge in [0.1, 0.15) is 6.61 Å². The van der Waals surface area contributed by atoms with Gasteiger partial charge in [-0.25, -0.2) is 0 Å². The maximum atomic E-state index is 11.6. The van der Waals surface area contributed by atoms with Crippen molar-refractivity contribution in [2.75, 3.05) is 26.2 Å². The fourth-order valence-electron chi connectivity index (χ4n) is 1.99. The Balaban J connectivity index is 1.54. The Hall–Kier alpha value is -0.910. The first-order valence-electron chi connectivity index (χ1n) is 6.46. The third-order valence-corrected chi connectivity index (χ3v) is 3.95. The Morgan fingerprint density at radius 3 is 3.06 bits per heavy atom. The van der Waals surface area contributed by atoms with Crippen LogP contribution in [-0.4, -0.2) is 38.3 Å². The molecule has 2 N–H and O–H groups in total. The Morgan fingerprint density at radius 2 is 2.33 bits per heavy atom. The van der Waals surface area contributed by atoms with E-state index in [1.54, 1.807) is 11.3 Å². The van der Waals surface area contributed by atoms with Crippen LogP contribution >= 0.6 is 11.3 Å².